The van der Waals surface area contributed by atoms with Gasteiger partial charge in [-0.25, -0.2) is 0 Å². The molecule has 1 aromatic rings. The number of non-ortho nitro benzene ring substituents is 1. The van der Waals surface area contributed by atoms with Crippen LogP contribution in [0.15, 0.2) is 18.2 Å². The quantitative estimate of drug-likeness (QED) is 0.540. The van der Waals surface area contributed by atoms with Gasteiger partial charge in [0.05, 0.1) is 17.1 Å². The van der Waals surface area contributed by atoms with Crippen LogP contribution in [0.5, 0.6) is 5.75 Å². The van der Waals surface area contributed by atoms with Crippen molar-refractivity contribution in [1.29, 1.82) is 0 Å². The van der Waals surface area contributed by atoms with Crippen LogP contribution in [0.2, 0.25) is 0 Å². The Morgan fingerprint density at radius 2 is 2.00 bits per heavy atom. The number of nitrogens with zero attached hydrogens (tertiary/aromatic N) is 1. The number of nitrogens with two attached hydrogens (primary N) is 1. The molecule has 0 amide bonds. The number of aliphatic hydroxyl groups excluding tert-OH is 1. The maximum absolute atomic E-state index is 10.7. The molecule has 0 heterocycles. The summed E-state index contributed by atoms with van der Waals surface area (Å²) in [6, 6.07) is 2.80. The summed E-state index contributed by atoms with van der Waals surface area (Å²) in [6.45, 7) is 4.06. The predicted molar refractivity (Wildman–Crippen MR) is 71.8 cm³/mol. The zero-order valence-electron chi connectivity index (χ0n) is 11.1. The molecule has 19 heavy (non-hydrogen) atoms. The van der Waals surface area contributed by atoms with Gasteiger partial charge in [-0.2, -0.15) is 0 Å². The molecule has 0 spiro atoms. The van der Waals surface area contributed by atoms with E-state index in [0.29, 0.717) is 12.3 Å². The molecule has 0 bridgehead atoms. The van der Waals surface area contributed by atoms with Crippen molar-refractivity contribution in [2.24, 2.45) is 11.7 Å². The van der Waals surface area contributed by atoms with E-state index < -0.39 is 17.1 Å². The highest BCUT2D eigenvalue weighted by Gasteiger charge is 2.22. The third-order valence-electron chi connectivity index (χ3n) is 3.04. The highest BCUT2D eigenvalue weighted by molar-refractivity contribution is 5.44. The fourth-order valence-corrected chi connectivity index (χ4v) is 1.81. The number of phenolic OH excluding ortho intramolecular Hbond substituents is 1. The minimum atomic E-state index is -0.838. The van der Waals surface area contributed by atoms with Crippen LogP contribution >= 0.6 is 0 Å². The van der Waals surface area contributed by atoms with Crippen molar-refractivity contribution in [3.05, 3.63) is 33.9 Å². The second-order valence-electron chi connectivity index (χ2n) is 5.06. The number of hydrogen-bond donors (Lipinski definition) is 3. The lowest BCUT2D eigenvalue weighted by atomic mass is 9.95. The first-order valence-electron chi connectivity index (χ1n) is 6.24. The molecular weight excluding hydrogens is 248 g/mol. The molecule has 1 rings (SSSR count). The van der Waals surface area contributed by atoms with E-state index in [2.05, 4.69) is 0 Å². The summed E-state index contributed by atoms with van der Waals surface area (Å²) < 4.78 is 0. The molecule has 0 aliphatic carbocycles. The molecule has 0 saturated heterocycles. The summed E-state index contributed by atoms with van der Waals surface area (Å²) in [5, 5.41) is 30.4. The van der Waals surface area contributed by atoms with Crippen LogP contribution in [0.3, 0.4) is 0 Å². The second kappa shape index (κ2) is 6.49. The molecule has 0 unspecified atom stereocenters. The van der Waals surface area contributed by atoms with Crippen molar-refractivity contribution in [2.45, 2.75) is 38.8 Å². The first-order chi connectivity index (χ1) is 8.82. The van der Waals surface area contributed by atoms with Crippen molar-refractivity contribution in [3.63, 3.8) is 0 Å². The molecular formula is C13H20N2O4. The van der Waals surface area contributed by atoms with Crippen LogP contribution < -0.4 is 5.73 Å². The Bertz CT molecular complexity index is 448. The first-order valence-corrected chi connectivity index (χ1v) is 6.24. The lowest BCUT2D eigenvalue weighted by molar-refractivity contribution is -0.385. The average molecular weight is 268 g/mol. The zero-order valence-corrected chi connectivity index (χ0v) is 11.1. The molecule has 0 radical (unpaired) electrons. The minimum Gasteiger partial charge on any atom is -0.508 e. The summed E-state index contributed by atoms with van der Waals surface area (Å²) in [5.74, 6) is 0.294. The van der Waals surface area contributed by atoms with Gasteiger partial charge in [-0.1, -0.05) is 13.8 Å². The summed E-state index contributed by atoms with van der Waals surface area (Å²) in [7, 11) is 0. The molecule has 6 heteroatoms. The minimum absolute atomic E-state index is 0.137. The van der Waals surface area contributed by atoms with Gasteiger partial charge in [-0.3, -0.25) is 10.1 Å². The van der Waals surface area contributed by atoms with Crippen LogP contribution in [0, 0.1) is 16.0 Å². The van der Waals surface area contributed by atoms with Gasteiger partial charge in [0.1, 0.15) is 5.75 Å². The van der Waals surface area contributed by atoms with E-state index >= 15 is 0 Å². The summed E-state index contributed by atoms with van der Waals surface area (Å²) in [5.41, 5.74) is 5.91. The Labute approximate surface area is 112 Å². The first kappa shape index (κ1) is 15.4. The Kier molecular flexibility index (Phi) is 5.26. The smallest absolute Gasteiger partial charge is 0.270 e. The standard InChI is InChI=1S/C13H20N2O4/c1-8(2)3-5-12(17)13(14)10-7-9(15(18)19)4-6-11(10)16/h4,6-8,12-13,16-17H,3,5,14H2,1-2H3/t12-,13+/m1/s1. The van der Waals surface area contributed by atoms with E-state index in [1.807, 2.05) is 13.8 Å². The van der Waals surface area contributed by atoms with Gasteiger partial charge in [-0.15, -0.1) is 0 Å². The van der Waals surface area contributed by atoms with Crippen LogP contribution in [0.25, 0.3) is 0 Å². The topological polar surface area (TPSA) is 110 Å². The SMILES string of the molecule is CC(C)CC[C@@H](O)[C@@H](N)c1cc([N+](=O)[O-])ccc1O. The fraction of sp³-hybridized carbons (Fsp3) is 0.538. The van der Waals surface area contributed by atoms with E-state index in [-0.39, 0.29) is 17.0 Å². The Hall–Kier alpha value is -1.66. The predicted octanol–water partition coefficient (Wildman–Crippen LogP) is 2.10. The normalized spacial score (nSPS) is 14.4. The van der Waals surface area contributed by atoms with E-state index in [0.717, 1.165) is 6.42 Å². The molecule has 1 aromatic carbocycles. The van der Waals surface area contributed by atoms with Crippen LogP contribution in [-0.4, -0.2) is 21.2 Å². The van der Waals surface area contributed by atoms with Gasteiger partial charge >= 0.3 is 0 Å². The number of hydrogen-bond acceptors (Lipinski definition) is 5. The number of aliphatic hydroxyl groups is 1. The van der Waals surface area contributed by atoms with E-state index in [9.17, 15) is 20.3 Å². The zero-order chi connectivity index (χ0) is 14.6. The van der Waals surface area contributed by atoms with Crippen molar-refractivity contribution in [1.82, 2.24) is 0 Å². The molecule has 0 fully saturated rings. The number of rotatable bonds is 6. The van der Waals surface area contributed by atoms with Crippen molar-refractivity contribution in [3.8, 4) is 5.75 Å². The Balaban J connectivity index is 2.88. The highest BCUT2D eigenvalue weighted by atomic mass is 16.6. The van der Waals surface area contributed by atoms with Gasteiger partial charge in [0.25, 0.3) is 5.69 Å². The average Bonchev–Trinajstić information content (AvgIpc) is 2.35. The number of nitro benzene ring substituents is 1. The second-order valence-corrected chi connectivity index (χ2v) is 5.06. The lowest BCUT2D eigenvalue weighted by Crippen LogP contribution is -2.26. The summed E-state index contributed by atoms with van der Waals surface area (Å²) in [4.78, 5) is 10.1. The van der Waals surface area contributed by atoms with Gasteiger partial charge < -0.3 is 15.9 Å². The van der Waals surface area contributed by atoms with Crippen molar-refractivity contribution in [2.75, 3.05) is 0 Å². The molecule has 2 atom stereocenters. The molecule has 0 aliphatic rings. The maximum atomic E-state index is 10.7. The Morgan fingerprint density at radius 3 is 2.53 bits per heavy atom. The largest absolute Gasteiger partial charge is 0.508 e. The molecule has 0 aromatic heterocycles. The molecule has 0 aliphatic heterocycles. The van der Waals surface area contributed by atoms with Crippen LogP contribution in [0.1, 0.15) is 38.3 Å². The van der Waals surface area contributed by atoms with Gasteiger partial charge in [0.2, 0.25) is 0 Å². The van der Waals surface area contributed by atoms with Crippen molar-refractivity contribution >= 4 is 5.69 Å². The maximum Gasteiger partial charge on any atom is 0.270 e. The lowest BCUT2D eigenvalue weighted by Gasteiger charge is -2.20. The number of phenols is 1. The fourth-order valence-electron chi connectivity index (χ4n) is 1.81. The van der Waals surface area contributed by atoms with E-state index in [4.69, 9.17) is 5.73 Å². The van der Waals surface area contributed by atoms with Gasteiger partial charge in [-0.05, 0) is 24.8 Å². The third-order valence-corrected chi connectivity index (χ3v) is 3.04. The molecule has 0 saturated carbocycles. The summed E-state index contributed by atoms with van der Waals surface area (Å²) >= 11 is 0. The van der Waals surface area contributed by atoms with Gasteiger partial charge in [0.15, 0.2) is 0 Å². The van der Waals surface area contributed by atoms with Gasteiger partial charge in [0, 0.05) is 17.7 Å². The Morgan fingerprint density at radius 1 is 1.37 bits per heavy atom. The molecule has 6 nitrogen and oxygen atoms in total. The molecule has 106 valence electrons. The third kappa shape index (κ3) is 4.18. The number of aromatic hydroxyl groups is 1. The van der Waals surface area contributed by atoms with Crippen LogP contribution in [0.4, 0.5) is 5.69 Å². The number of nitro groups is 1. The summed E-state index contributed by atoms with van der Waals surface area (Å²) in [6.07, 6.45) is 0.446. The monoisotopic (exact) mass is 268 g/mol. The highest BCUT2D eigenvalue weighted by Crippen LogP contribution is 2.30. The number of benzene rings is 1. The van der Waals surface area contributed by atoms with Crippen LogP contribution in [-0.2, 0) is 0 Å². The van der Waals surface area contributed by atoms with Crippen molar-refractivity contribution < 1.29 is 15.1 Å². The van der Waals surface area contributed by atoms with E-state index in [1.165, 1.54) is 18.2 Å². The van der Waals surface area contributed by atoms with E-state index in [1.54, 1.807) is 0 Å². The molecule has 4 N–H and O–H groups in total.